The van der Waals surface area contributed by atoms with Crippen LogP contribution in [0.5, 0.6) is 0 Å². The standard InChI is InChI=1S/C24H36O6/c1-4-8-23(15-25)14-18(30-19(26)5-2)20-17(21(23)27)7-6-16-13-24(28-11-12-29-24)10-9-22(16,20)3/h4,6,17-18,20-21,25,27H,1,5,7-15H2,2-3H3/t17-,18-,20-,21-,22-,23+/m0/s1. The van der Waals surface area contributed by atoms with Crippen molar-refractivity contribution in [3.8, 4) is 0 Å². The summed E-state index contributed by atoms with van der Waals surface area (Å²) in [5.41, 5.74) is 0.373. The molecule has 6 nitrogen and oxygen atoms in total. The van der Waals surface area contributed by atoms with Crippen molar-refractivity contribution in [1.82, 2.24) is 0 Å². The molecule has 3 fully saturated rings. The first-order chi connectivity index (χ1) is 14.3. The Balaban J connectivity index is 1.71. The van der Waals surface area contributed by atoms with Crippen molar-refractivity contribution in [2.24, 2.45) is 22.7 Å². The van der Waals surface area contributed by atoms with Gasteiger partial charge in [-0.25, -0.2) is 0 Å². The van der Waals surface area contributed by atoms with Gasteiger partial charge in [-0.15, -0.1) is 6.58 Å². The van der Waals surface area contributed by atoms with Crippen LogP contribution in [0.4, 0.5) is 0 Å². The maximum Gasteiger partial charge on any atom is 0.305 e. The summed E-state index contributed by atoms with van der Waals surface area (Å²) in [5.74, 6) is -0.811. The van der Waals surface area contributed by atoms with Crippen LogP contribution in [0.2, 0.25) is 0 Å². The summed E-state index contributed by atoms with van der Waals surface area (Å²) in [4.78, 5) is 12.3. The van der Waals surface area contributed by atoms with E-state index < -0.39 is 17.3 Å². The average molecular weight is 421 g/mol. The van der Waals surface area contributed by atoms with Crippen molar-refractivity contribution >= 4 is 5.97 Å². The van der Waals surface area contributed by atoms with E-state index in [9.17, 15) is 15.0 Å². The highest BCUT2D eigenvalue weighted by atomic mass is 16.7. The third-order valence-electron chi connectivity index (χ3n) is 8.34. The van der Waals surface area contributed by atoms with E-state index in [-0.39, 0.29) is 35.9 Å². The summed E-state index contributed by atoms with van der Waals surface area (Å²) < 4.78 is 18.0. The van der Waals surface area contributed by atoms with Crippen molar-refractivity contribution in [2.75, 3.05) is 19.8 Å². The van der Waals surface area contributed by atoms with Gasteiger partial charge < -0.3 is 24.4 Å². The first-order valence-corrected chi connectivity index (χ1v) is 11.4. The molecule has 1 spiro atoms. The van der Waals surface area contributed by atoms with Gasteiger partial charge in [0.2, 0.25) is 0 Å². The molecule has 4 rings (SSSR count). The van der Waals surface area contributed by atoms with Gasteiger partial charge in [-0.05, 0) is 37.0 Å². The first-order valence-electron chi connectivity index (χ1n) is 11.4. The number of hydrogen-bond donors (Lipinski definition) is 2. The van der Waals surface area contributed by atoms with Crippen LogP contribution in [0.15, 0.2) is 24.3 Å². The van der Waals surface area contributed by atoms with Crippen LogP contribution in [0.25, 0.3) is 0 Å². The summed E-state index contributed by atoms with van der Waals surface area (Å²) in [6.07, 6.45) is 7.33. The van der Waals surface area contributed by atoms with Gasteiger partial charge in [0.25, 0.3) is 0 Å². The summed E-state index contributed by atoms with van der Waals surface area (Å²) in [5, 5.41) is 21.7. The highest BCUT2D eigenvalue weighted by molar-refractivity contribution is 5.69. The van der Waals surface area contributed by atoms with Gasteiger partial charge in [-0.1, -0.05) is 31.6 Å². The zero-order chi connectivity index (χ0) is 21.6. The molecule has 2 N–H and O–H groups in total. The molecule has 0 aromatic heterocycles. The molecule has 0 radical (unpaired) electrons. The molecule has 6 heteroatoms. The highest BCUT2D eigenvalue weighted by Crippen LogP contribution is 2.62. The number of ether oxygens (including phenoxy) is 3. The molecule has 0 bridgehead atoms. The van der Waals surface area contributed by atoms with E-state index in [2.05, 4.69) is 19.6 Å². The SMILES string of the molecule is C=CC[C@]1(CO)C[C@H](OC(=O)CC)[C@@H]2[C@H](CC=C3CC4(CC[C@@]32C)OCCO4)[C@@H]1O. The van der Waals surface area contributed by atoms with Gasteiger partial charge in [0, 0.05) is 30.6 Å². The number of allylic oxidation sites excluding steroid dienone is 2. The van der Waals surface area contributed by atoms with Gasteiger partial charge in [0.1, 0.15) is 6.10 Å². The number of aliphatic hydroxyl groups excluding tert-OH is 2. The molecule has 1 saturated heterocycles. The van der Waals surface area contributed by atoms with Gasteiger partial charge in [-0.3, -0.25) is 4.79 Å². The number of hydrogen-bond acceptors (Lipinski definition) is 6. The molecular formula is C24H36O6. The van der Waals surface area contributed by atoms with Crippen LogP contribution in [0, 0.1) is 22.7 Å². The van der Waals surface area contributed by atoms with Crippen molar-refractivity contribution in [2.45, 2.75) is 76.8 Å². The van der Waals surface area contributed by atoms with E-state index >= 15 is 0 Å². The van der Waals surface area contributed by atoms with E-state index in [1.165, 1.54) is 5.57 Å². The second-order valence-corrected chi connectivity index (χ2v) is 9.90. The van der Waals surface area contributed by atoms with E-state index in [1.807, 2.05) is 0 Å². The van der Waals surface area contributed by atoms with Gasteiger partial charge in [-0.2, -0.15) is 0 Å². The Bertz CT molecular complexity index is 710. The molecule has 4 aliphatic rings. The third-order valence-corrected chi connectivity index (χ3v) is 8.34. The fraction of sp³-hybridized carbons (Fsp3) is 0.792. The minimum absolute atomic E-state index is 0.00578. The number of fused-ring (bicyclic) bond motifs is 3. The smallest absolute Gasteiger partial charge is 0.305 e. The monoisotopic (exact) mass is 420 g/mol. The number of aliphatic hydroxyl groups is 2. The lowest BCUT2D eigenvalue weighted by molar-refractivity contribution is -0.213. The predicted molar refractivity (Wildman–Crippen MR) is 111 cm³/mol. The van der Waals surface area contributed by atoms with Crippen LogP contribution in [-0.4, -0.2) is 54.0 Å². The Morgan fingerprint density at radius 3 is 2.73 bits per heavy atom. The number of carbonyl (C=O) groups is 1. The molecule has 3 aliphatic carbocycles. The summed E-state index contributed by atoms with van der Waals surface area (Å²) in [6.45, 7) is 9.00. The van der Waals surface area contributed by atoms with Crippen molar-refractivity contribution in [1.29, 1.82) is 0 Å². The molecule has 0 amide bonds. The Hall–Kier alpha value is -1.21. The van der Waals surface area contributed by atoms with Crippen LogP contribution in [0.1, 0.15) is 58.8 Å². The van der Waals surface area contributed by atoms with Crippen molar-refractivity contribution < 1.29 is 29.2 Å². The Morgan fingerprint density at radius 2 is 2.10 bits per heavy atom. The quantitative estimate of drug-likeness (QED) is 0.525. The van der Waals surface area contributed by atoms with Crippen LogP contribution in [0.3, 0.4) is 0 Å². The predicted octanol–water partition coefficient (Wildman–Crippen LogP) is 3.12. The number of carbonyl (C=O) groups excluding carboxylic acids is 1. The van der Waals surface area contributed by atoms with E-state index in [4.69, 9.17) is 14.2 Å². The molecule has 0 aromatic carbocycles. The van der Waals surface area contributed by atoms with Crippen molar-refractivity contribution in [3.63, 3.8) is 0 Å². The van der Waals surface area contributed by atoms with Crippen molar-refractivity contribution in [3.05, 3.63) is 24.3 Å². The van der Waals surface area contributed by atoms with Crippen LogP contribution in [-0.2, 0) is 19.0 Å². The molecule has 0 aromatic rings. The van der Waals surface area contributed by atoms with E-state index in [0.29, 0.717) is 38.9 Å². The zero-order valence-electron chi connectivity index (χ0n) is 18.3. The molecule has 1 heterocycles. The lowest BCUT2D eigenvalue weighted by Crippen LogP contribution is -2.61. The van der Waals surface area contributed by atoms with Crippen LogP contribution >= 0.6 is 0 Å². The molecule has 2 saturated carbocycles. The Morgan fingerprint density at radius 1 is 1.37 bits per heavy atom. The first kappa shape index (κ1) is 22.0. The van der Waals surface area contributed by atoms with E-state index in [1.54, 1.807) is 13.0 Å². The summed E-state index contributed by atoms with van der Waals surface area (Å²) in [7, 11) is 0. The fourth-order valence-electron chi connectivity index (χ4n) is 6.71. The Kier molecular flexibility index (Phi) is 5.90. The van der Waals surface area contributed by atoms with Crippen LogP contribution < -0.4 is 0 Å². The number of rotatable bonds is 5. The van der Waals surface area contributed by atoms with E-state index in [0.717, 1.165) is 19.3 Å². The minimum Gasteiger partial charge on any atom is -0.462 e. The second-order valence-electron chi connectivity index (χ2n) is 9.90. The topological polar surface area (TPSA) is 85.2 Å². The second kappa shape index (κ2) is 8.05. The lowest BCUT2D eigenvalue weighted by atomic mass is 9.48. The fourth-order valence-corrected chi connectivity index (χ4v) is 6.71. The maximum atomic E-state index is 12.3. The number of esters is 1. The molecule has 30 heavy (non-hydrogen) atoms. The normalized spacial score (nSPS) is 42.2. The lowest BCUT2D eigenvalue weighted by Gasteiger charge is -2.60. The molecular weight excluding hydrogens is 384 g/mol. The summed E-state index contributed by atoms with van der Waals surface area (Å²) >= 11 is 0. The summed E-state index contributed by atoms with van der Waals surface area (Å²) in [6, 6.07) is 0. The maximum absolute atomic E-state index is 12.3. The largest absolute Gasteiger partial charge is 0.462 e. The molecule has 0 unspecified atom stereocenters. The molecule has 6 atom stereocenters. The molecule has 168 valence electrons. The highest BCUT2D eigenvalue weighted by Gasteiger charge is 2.62. The van der Waals surface area contributed by atoms with Gasteiger partial charge in [0.15, 0.2) is 5.79 Å². The average Bonchev–Trinajstić information content (AvgIpc) is 3.19. The minimum atomic E-state index is -0.725. The van der Waals surface area contributed by atoms with Gasteiger partial charge >= 0.3 is 5.97 Å². The zero-order valence-corrected chi connectivity index (χ0v) is 18.3. The third kappa shape index (κ3) is 3.36. The van der Waals surface area contributed by atoms with Gasteiger partial charge in [0.05, 0.1) is 25.9 Å². The Labute approximate surface area is 179 Å². The molecule has 1 aliphatic heterocycles.